The van der Waals surface area contributed by atoms with Crippen molar-refractivity contribution in [3.05, 3.63) is 65.7 Å². The first kappa shape index (κ1) is 20.1. The molecule has 0 aliphatic rings. The second-order valence-electron chi connectivity index (χ2n) is 6.82. The molecular weight excluding hydrogens is 368 g/mol. The summed E-state index contributed by atoms with van der Waals surface area (Å²) in [4.78, 5) is 12.4. The molecule has 1 aromatic heterocycles. The van der Waals surface area contributed by atoms with Gasteiger partial charge in [-0.3, -0.25) is 4.79 Å². The number of rotatable bonds is 8. The van der Waals surface area contributed by atoms with E-state index in [9.17, 15) is 4.79 Å². The van der Waals surface area contributed by atoms with Gasteiger partial charge in [0.25, 0.3) is 0 Å². The van der Waals surface area contributed by atoms with Gasteiger partial charge in [-0.25, -0.2) is 0 Å². The van der Waals surface area contributed by atoms with Crippen molar-refractivity contribution in [3.63, 3.8) is 0 Å². The van der Waals surface area contributed by atoms with Crippen molar-refractivity contribution in [2.75, 3.05) is 5.75 Å². The summed E-state index contributed by atoms with van der Waals surface area (Å²) in [7, 11) is 0. The van der Waals surface area contributed by atoms with Gasteiger partial charge in [0.15, 0.2) is 11.0 Å². The molecule has 28 heavy (non-hydrogen) atoms. The number of carbonyl (C=O) groups is 1. The molecule has 0 fully saturated rings. The molecule has 0 saturated heterocycles. The van der Waals surface area contributed by atoms with Gasteiger partial charge in [-0.05, 0) is 31.9 Å². The van der Waals surface area contributed by atoms with Crippen LogP contribution in [0.3, 0.4) is 0 Å². The van der Waals surface area contributed by atoms with Crippen LogP contribution in [0.1, 0.15) is 37.4 Å². The molecule has 0 aliphatic carbocycles. The average molecular weight is 395 g/mol. The molecule has 146 valence electrons. The summed E-state index contributed by atoms with van der Waals surface area (Å²) >= 11 is 1.43. The van der Waals surface area contributed by atoms with E-state index in [1.165, 1.54) is 17.3 Å². The lowest BCUT2D eigenvalue weighted by atomic mass is 10.1. The molecule has 1 heterocycles. The predicted molar refractivity (Wildman–Crippen MR) is 114 cm³/mol. The molecule has 1 amide bonds. The normalized spacial score (nSPS) is 12.0. The molecule has 0 unspecified atom stereocenters. The van der Waals surface area contributed by atoms with Gasteiger partial charge in [0, 0.05) is 12.1 Å². The van der Waals surface area contributed by atoms with Crippen LogP contribution < -0.4 is 5.32 Å². The molecule has 2 aromatic carbocycles. The summed E-state index contributed by atoms with van der Waals surface area (Å²) < 4.78 is 2.10. The minimum atomic E-state index is -0.0225. The van der Waals surface area contributed by atoms with Crippen LogP contribution in [-0.4, -0.2) is 26.4 Å². The molecule has 1 atom stereocenters. The Hall–Kier alpha value is -2.60. The van der Waals surface area contributed by atoms with Crippen molar-refractivity contribution in [2.24, 2.45) is 0 Å². The van der Waals surface area contributed by atoms with E-state index >= 15 is 0 Å². The van der Waals surface area contributed by atoms with Crippen LogP contribution in [0.2, 0.25) is 0 Å². The maximum absolute atomic E-state index is 12.4. The Morgan fingerprint density at radius 1 is 1.14 bits per heavy atom. The van der Waals surface area contributed by atoms with Crippen molar-refractivity contribution >= 4 is 17.7 Å². The van der Waals surface area contributed by atoms with Crippen molar-refractivity contribution in [3.8, 4) is 11.4 Å². The van der Waals surface area contributed by atoms with Gasteiger partial charge in [-0.15, -0.1) is 10.2 Å². The number of aryl methyl sites for hydroxylation is 1. The lowest BCUT2D eigenvalue weighted by Crippen LogP contribution is -2.28. The molecule has 0 spiro atoms. The Labute approximate surface area is 170 Å². The number of amides is 1. The zero-order valence-electron chi connectivity index (χ0n) is 16.6. The van der Waals surface area contributed by atoms with Crippen molar-refractivity contribution < 1.29 is 4.79 Å². The Morgan fingerprint density at radius 3 is 2.64 bits per heavy atom. The minimum absolute atomic E-state index is 0.00972. The standard InChI is InChI=1S/C22H26N4OS/c1-4-13-26-21(19-12-8-9-16(2)14-19)24-25-22(26)28-15-20(27)23-17(3)18-10-6-5-7-11-18/h5-12,14,17H,4,13,15H2,1-3H3,(H,23,27)/t17-/m0/s1. The largest absolute Gasteiger partial charge is 0.349 e. The Bertz CT molecular complexity index is 923. The van der Waals surface area contributed by atoms with E-state index in [2.05, 4.69) is 46.1 Å². The molecule has 6 heteroatoms. The third-order valence-electron chi connectivity index (χ3n) is 4.45. The predicted octanol–water partition coefficient (Wildman–Crippen LogP) is 4.63. The van der Waals surface area contributed by atoms with E-state index in [4.69, 9.17) is 0 Å². The number of carbonyl (C=O) groups excluding carboxylic acids is 1. The summed E-state index contributed by atoms with van der Waals surface area (Å²) in [5.41, 5.74) is 3.33. The van der Waals surface area contributed by atoms with Gasteiger partial charge < -0.3 is 9.88 Å². The SMILES string of the molecule is CCCn1c(SCC(=O)N[C@@H](C)c2ccccc2)nnc1-c1cccc(C)c1. The molecule has 0 aliphatic heterocycles. The summed E-state index contributed by atoms with van der Waals surface area (Å²) in [5, 5.41) is 12.6. The number of hydrogen-bond acceptors (Lipinski definition) is 4. The second kappa shape index (κ2) is 9.55. The quantitative estimate of drug-likeness (QED) is 0.566. The lowest BCUT2D eigenvalue weighted by molar-refractivity contribution is -0.119. The molecule has 0 radical (unpaired) electrons. The monoisotopic (exact) mass is 394 g/mol. The molecular formula is C22H26N4OS. The van der Waals surface area contributed by atoms with E-state index < -0.39 is 0 Å². The molecule has 0 saturated carbocycles. The van der Waals surface area contributed by atoms with Crippen molar-refractivity contribution in [2.45, 2.75) is 44.9 Å². The van der Waals surface area contributed by atoms with Gasteiger partial charge in [-0.1, -0.05) is 72.8 Å². The highest BCUT2D eigenvalue weighted by molar-refractivity contribution is 7.99. The third-order valence-corrected chi connectivity index (χ3v) is 5.42. The smallest absolute Gasteiger partial charge is 0.230 e. The van der Waals surface area contributed by atoms with Crippen LogP contribution in [0.4, 0.5) is 0 Å². The number of thioether (sulfide) groups is 1. The van der Waals surface area contributed by atoms with E-state index in [0.29, 0.717) is 5.75 Å². The maximum Gasteiger partial charge on any atom is 0.230 e. The van der Waals surface area contributed by atoms with Crippen LogP contribution in [-0.2, 0) is 11.3 Å². The summed E-state index contributed by atoms with van der Waals surface area (Å²) in [6.07, 6.45) is 0.974. The lowest BCUT2D eigenvalue weighted by Gasteiger charge is -2.14. The fourth-order valence-corrected chi connectivity index (χ4v) is 3.83. The number of nitrogens with zero attached hydrogens (tertiary/aromatic N) is 3. The molecule has 0 bridgehead atoms. The molecule has 3 aromatic rings. The highest BCUT2D eigenvalue weighted by Crippen LogP contribution is 2.25. The summed E-state index contributed by atoms with van der Waals surface area (Å²) in [6, 6.07) is 18.2. The van der Waals surface area contributed by atoms with Gasteiger partial charge in [0.1, 0.15) is 0 Å². The minimum Gasteiger partial charge on any atom is -0.349 e. The molecule has 1 N–H and O–H groups in total. The second-order valence-corrected chi connectivity index (χ2v) is 7.76. The van der Waals surface area contributed by atoms with E-state index in [0.717, 1.165) is 35.1 Å². The highest BCUT2D eigenvalue weighted by atomic mass is 32.2. The van der Waals surface area contributed by atoms with E-state index in [1.54, 1.807) is 0 Å². The zero-order chi connectivity index (χ0) is 19.9. The third kappa shape index (κ3) is 5.01. The van der Waals surface area contributed by atoms with Gasteiger partial charge in [0.05, 0.1) is 11.8 Å². The Kier molecular flexibility index (Phi) is 6.87. The fraction of sp³-hybridized carbons (Fsp3) is 0.318. The van der Waals surface area contributed by atoms with Gasteiger partial charge >= 0.3 is 0 Å². The van der Waals surface area contributed by atoms with E-state index in [-0.39, 0.29) is 11.9 Å². The van der Waals surface area contributed by atoms with Gasteiger partial charge in [-0.2, -0.15) is 0 Å². The topological polar surface area (TPSA) is 59.8 Å². The summed E-state index contributed by atoms with van der Waals surface area (Å²) in [5.74, 6) is 1.16. The Balaban J connectivity index is 1.68. The maximum atomic E-state index is 12.4. The number of benzene rings is 2. The first-order valence-electron chi connectivity index (χ1n) is 9.55. The fourth-order valence-electron chi connectivity index (χ4n) is 3.06. The van der Waals surface area contributed by atoms with Gasteiger partial charge in [0.2, 0.25) is 5.91 Å². The van der Waals surface area contributed by atoms with Crippen LogP contribution in [0.15, 0.2) is 59.8 Å². The van der Waals surface area contributed by atoms with Crippen LogP contribution in [0, 0.1) is 6.92 Å². The van der Waals surface area contributed by atoms with Crippen molar-refractivity contribution in [1.82, 2.24) is 20.1 Å². The molecule has 3 rings (SSSR count). The van der Waals surface area contributed by atoms with Crippen LogP contribution in [0.5, 0.6) is 0 Å². The number of aromatic nitrogens is 3. The number of nitrogens with one attached hydrogen (secondary N) is 1. The molecule has 5 nitrogen and oxygen atoms in total. The summed E-state index contributed by atoms with van der Waals surface area (Å²) in [6.45, 7) is 7.01. The van der Waals surface area contributed by atoms with E-state index in [1.807, 2.05) is 49.4 Å². The van der Waals surface area contributed by atoms with Crippen LogP contribution >= 0.6 is 11.8 Å². The first-order valence-corrected chi connectivity index (χ1v) is 10.5. The average Bonchev–Trinajstić information content (AvgIpc) is 3.10. The zero-order valence-corrected chi connectivity index (χ0v) is 17.4. The van der Waals surface area contributed by atoms with Crippen molar-refractivity contribution in [1.29, 1.82) is 0 Å². The Morgan fingerprint density at radius 2 is 1.93 bits per heavy atom. The first-order chi connectivity index (χ1) is 13.6. The highest BCUT2D eigenvalue weighted by Gasteiger charge is 2.16. The number of hydrogen-bond donors (Lipinski definition) is 1. The van der Waals surface area contributed by atoms with Crippen LogP contribution in [0.25, 0.3) is 11.4 Å².